The number of aryl methyl sites for hydroxylation is 2. The Kier molecular flexibility index (Phi) is 3.57. The van der Waals surface area contributed by atoms with Crippen LogP contribution in [-0.2, 0) is 18.8 Å². The Balaban J connectivity index is 1.68. The largest absolute Gasteiger partial charge is 0.377 e. The van der Waals surface area contributed by atoms with Gasteiger partial charge in [-0.15, -0.1) is 5.10 Å². The fourth-order valence-electron chi connectivity index (χ4n) is 3.25. The lowest BCUT2D eigenvalue weighted by Gasteiger charge is -2.36. The molecule has 4 rings (SSSR count). The highest BCUT2D eigenvalue weighted by Gasteiger charge is 2.30. The van der Waals surface area contributed by atoms with E-state index in [1.54, 1.807) is 4.68 Å². The van der Waals surface area contributed by atoms with E-state index in [0.29, 0.717) is 25.3 Å². The lowest BCUT2D eigenvalue weighted by molar-refractivity contribution is -0.00462. The number of hydrogen-bond donors (Lipinski definition) is 0. The highest BCUT2D eigenvalue weighted by Crippen LogP contribution is 2.26. The number of carbonyl (C=O) groups excluding carboxylic acids is 1. The van der Waals surface area contributed by atoms with Crippen LogP contribution in [0.2, 0.25) is 0 Å². The van der Waals surface area contributed by atoms with Gasteiger partial charge in [0.05, 0.1) is 24.8 Å². The Labute approximate surface area is 139 Å². The zero-order valence-corrected chi connectivity index (χ0v) is 13.7. The third-order valence-electron chi connectivity index (χ3n) is 4.57. The summed E-state index contributed by atoms with van der Waals surface area (Å²) >= 11 is 0. The molecule has 1 aromatic carbocycles. The summed E-state index contributed by atoms with van der Waals surface area (Å²) in [6.07, 6.45) is 1.98. The molecule has 7 nitrogen and oxygen atoms in total. The fourth-order valence-corrected chi connectivity index (χ4v) is 3.25. The number of rotatable bonds is 2. The molecule has 0 bridgehead atoms. The van der Waals surface area contributed by atoms with Crippen LogP contribution in [0.3, 0.4) is 0 Å². The number of ether oxygens (including phenoxy) is 1. The minimum Gasteiger partial charge on any atom is -0.377 e. The average molecular weight is 325 g/mol. The quantitative estimate of drug-likeness (QED) is 0.716. The zero-order valence-electron chi connectivity index (χ0n) is 13.7. The number of fused-ring (bicyclic) bond motifs is 1. The third kappa shape index (κ3) is 2.37. The molecular weight excluding hydrogens is 306 g/mol. The van der Waals surface area contributed by atoms with Crippen LogP contribution in [0.5, 0.6) is 0 Å². The monoisotopic (exact) mass is 325 g/mol. The molecule has 1 amide bonds. The Morgan fingerprint density at radius 2 is 2.17 bits per heavy atom. The van der Waals surface area contributed by atoms with E-state index >= 15 is 0 Å². The van der Waals surface area contributed by atoms with Crippen LogP contribution < -0.4 is 0 Å². The summed E-state index contributed by atoms with van der Waals surface area (Å²) < 4.78 is 9.35. The minimum atomic E-state index is -0.0798. The third-order valence-corrected chi connectivity index (χ3v) is 4.57. The highest BCUT2D eigenvalue weighted by molar-refractivity contribution is 5.97. The van der Waals surface area contributed by atoms with Gasteiger partial charge in [0.15, 0.2) is 0 Å². The molecule has 0 spiro atoms. The first kappa shape index (κ1) is 14.9. The number of hydrogen-bond acceptors (Lipinski definition) is 4. The Bertz CT molecular complexity index is 897. The van der Waals surface area contributed by atoms with Crippen LogP contribution >= 0.6 is 0 Å². The molecule has 1 fully saturated rings. The lowest BCUT2D eigenvalue weighted by atomic mass is 10.1. The van der Waals surface area contributed by atoms with Gasteiger partial charge in [-0.1, -0.05) is 5.21 Å². The molecule has 24 heavy (non-hydrogen) atoms. The first-order valence-electron chi connectivity index (χ1n) is 7.94. The number of amides is 1. The summed E-state index contributed by atoms with van der Waals surface area (Å²) in [5, 5.41) is 8.10. The molecule has 124 valence electrons. The van der Waals surface area contributed by atoms with Crippen LogP contribution in [0.25, 0.3) is 11.0 Å². The predicted octanol–water partition coefficient (Wildman–Crippen LogP) is 1.52. The van der Waals surface area contributed by atoms with Gasteiger partial charge in [-0.2, -0.15) is 0 Å². The SMILES string of the molecule is Cn1cccc1C1COCCN1C(=O)c1ccc2c(c1)nnn2C. The maximum atomic E-state index is 13.1. The molecule has 1 atom stereocenters. The van der Waals surface area contributed by atoms with Crippen molar-refractivity contribution in [1.82, 2.24) is 24.5 Å². The van der Waals surface area contributed by atoms with Crippen molar-refractivity contribution in [3.05, 3.63) is 47.8 Å². The first-order chi connectivity index (χ1) is 11.6. The van der Waals surface area contributed by atoms with Crippen molar-refractivity contribution in [2.45, 2.75) is 6.04 Å². The normalized spacial score (nSPS) is 18.2. The van der Waals surface area contributed by atoms with Crippen molar-refractivity contribution in [1.29, 1.82) is 0 Å². The number of carbonyl (C=O) groups is 1. The summed E-state index contributed by atoms with van der Waals surface area (Å²) in [6, 6.07) is 9.47. The topological polar surface area (TPSA) is 65.2 Å². The summed E-state index contributed by atoms with van der Waals surface area (Å²) in [7, 11) is 3.82. The summed E-state index contributed by atoms with van der Waals surface area (Å²) in [5.74, 6) is -0.00273. The van der Waals surface area contributed by atoms with Crippen molar-refractivity contribution < 1.29 is 9.53 Å². The van der Waals surface area contributed by atoms with E-state index in [4.69, 9.17) is 4.74 Å². The smallest absolute Gasteiger partial charge is 0.254 e. The molecule has 0 N–H and O–H groups in total. The van der Waals surface area contributed by atoms with Crippen molar-refractivity contribution in [2.24, 2.45) is 14.1 Å². The molecule has 1 aliphatic heterocycles. The van der Waals surface area contributed by atoms with Gasteiger partial charge >= 0.3 is 0 Å². The summed E-state index contributed by atoms with van der Waals surface area (Å²) in [5.41, 5.74) is 3.34. The lowest BCUT2D eigenvalue weighted by Crippen LogP contribution is -2.44. The Morgan fingerprint density at radius 3 is 2.96 bits per heavy atom. The number of morpholine rings is 1. The van der Waals surface area contributed by atoms with Gasteiger partial charge in [-0.25, -0.2) is 4.68 Å². The second-order valence-electron chi connectivity index (χ2n) is 6.05. The van der Waals surface area contributed by atoms with Gasteiger partial charge in [0.1, 0.15) is 5.52 Å². The molecule has 3 heterocycles. The molecule has 1 saturated heterocycles. The predicted molar refractivity (Wildman–Crippen MR) is 88.5 cm³/mol. The maximum Gasteiger partial charge on any atom is 0.254 e. The molecule has 0 radical (unpaired) electrons. The van der Waals surface area contributed by atoms with Crippen molar-refractivity contribution in [3.63, 3.8) is 0 Å². The van der Waals surface area contributed by atoms with Gasteiger partial charge in [-0.05, 0) is 30.3 Å². The van der Waals surface area contributed by atoms with Crippen molar-refractivity contribution >= 4 is 16.9 Å². The zero-order chi connectivity index (χ0) is 16.7. The van der Waals surface area contributed by atoms with E-state index in [-0.39, 0.29) is 11.9 Å². The molecule has 7 heteroatoms. The van der Waals surface area contributed by atoms with E-state index < -0.39 is 0 Å². The van der Waals surface area contributed by atoms with Gasteiger partial charge in [0.25, 0.3) is 5.91 Å². The van der Waals surface area contributed by atoms with E-state index in [0.717, 1.165) is 16.7 Å². The molecule has 2 aromatic heterocycles. The van der Waals surface area contributed by atoms with Crippen LogP contribution in [0.1, 0.15) is 22.1 Å². The van der Waals surface area contributed by atoms with Crippen LogP contribution in [-0.4, -0.2) is 50.1 Å². The molecule has 1 aliphatic rings. The van der Waals surface area contributed by atoms with E-state index in [9.17, 15) is 4.79 Å². The van der Waals surface area contributed by atoms with Crippen LogP contribution in [0.15, 0.2) is 36.5 Å². The van der Waals surface area contributed by atoms with E-state index in [2.05, 4.69) is 10.3 Å². The molecule has 1 unspecified atom stereocenters. The number of benzene rings is 1. The Morgan fingerprint density at radius 1 is 1.29 bits per heavy atom. The number of nitrogens with zero attached hydrogens (tertiary/aromatic N) is 5. The van der Waals surface area contributed by atoms with Crippen LogP contribution in [0, 0.1) is 0 Å². The van der Waals surface area contributed by atoms with Crippen molar-refractivity contribution in [2.75, 3.05) is 19.8 Å². The molecule has 3 aromatic rings. The molecule has 0 aliphatic carbocycles. The first-order valence-corrected chi connectivity index (χ1v) is 7.94. The summed E-state index contributed by atoms with van der Waals surface area (Å²) in [4.78, 5) is 15.0. The van der Waals surface area contributed by atoms with Crippen LogP contribution in [0.4, 0.5) is 0 Å². The number of aromatic nitrogens is 4. The maximum absolute atomic E-state index is 13.1. The average Bonchev–Trinajstić information content (AvgIpc) is 3.20. The highest BCUT2D eigenvalue weighted by atomic mass is 16.5. The van der Waals surface area contributed by atoms with E-state index in [1.807, 2.05) is 60.1 Å². The standard InChI is InChI=1S/C17H19N5O2/c1-20-7-3-4-15(20)16-11-24-9-8-22(16)17(23)12-5-6-14-13(10-12)18-19-21(14)2/h3-7,10,16H,8-9,11H2,1-2H3. The van der Waals surface area contributed by atoms with E-state index in [1.165, 1.54) is 0 Å². The van der Waals surface area contributed by atoms with Gasteiger partial charge < -0.3 is 14.2 Å². The Hall–Kier alpha value is -2.67. The molecule has 0 saturated carbocycles. The minimum absolute atomic E-state index is 0.00273. The molecular formula is C17H19N5O2. The van der Waals surface area contributed by atoms with Crippen molar-refractivity contribution in [3.8, 4) is 0 Å². The van der Waals surface area contributed by atoms with Gasteiger partial charge in [-0.3, -0.25) is 4.79 Å². The van der Waals surface area contributed by atoms with Gasteiger partial charge in [0, 0.05) is 38.1 Å². The van der Waals surface area contributed by atoms with Gasteiger partial charge in [0.2, 0.25) is 0 Å². The second kappa shape index (κ2) is 5.76. The summed E-state index contributed by atoms with van der Waals surface area (Å²) in [6.45, 7) is 1.64. The fraction of sp³-hybridized carbons (Fsp3) is 0.353. The second-order valence-corrected chi connectivity index (χ2v) is 6.05.